The molecule has 0 bridgehead atoms. The predicted octanol–water partition coefficient (Wildman–Crippen LogP) is 5.14. The summed E-state index contributed by atoms with van der Waals surface area (Å²) >= 11 is 8.30. The van der Waals surface area contributed by atoms with E-state index in [1.165, 1.54) is 4.70 Å². The van der Waals surface area contributed by atoms with Crippen LogP contribution in [0.3, 0.4) is 0 Å². The normalized spacial score (nSPS) is 10.9. The number of aromatic nitrogens is 1. The molecular weight excluding hydrogens is 404 g/mol. The van der Waals surface area contributed by atoms with E-state index in [2.05, 4.69) is 48.2 Å². The van der Waals surface area contributed by atoms with E-state index in [-0.39, 0.29) is 5.75 Å². The highest BCUT2D eigenvalue weighted by Crippen LogP contribution is 2.33. The topological polar surface area (TPSA) is 45.1 Å². The van der Waals surface area contributed by atoms with Crippen LogP contribution in [0.4, 0.5) is 5.69 Å². The minimum atomic E-state index is 0.222. The molecule has 0 atom stereocenters. The van der Waals surface area contributed by atoms with Crippen LogP contribution in [0.15, 0.2) is 44.8 Å². The molecule has 2 N–H and O–H groups in total. The molecule has 3 rings (SSSR count). The van der Waals surface area contributed by atoms with Gasteiger partial charge in [-0.2, -0.15) is 0 Å². The number of nitrogens with one attached hydrogen (secondary N) is 1. The maximum absolute atomic E-state index is 9.69. The monoisotopic (exact) mass is 412 g/mol. The minimum Gasteiger partial charge on any atom is -0.506 e. The molecule has 20 heavy (non-hydrogen) atoms. The van der Waals surface area contributed by atoms with E-state index in [1.54, 1.807) is 11.3 Å². The van der Waals surface area contributed by atoms with Crippen LogP contribution in [-0.2, 0) is 6.54 Å². The van der Waals surface area contributed by atoms with Gasteiger partial charge in [-0.05, 0) is 67.8 Å². The average molecular weight is 414 g/mol. The van der Waals surface area contributed by atoms with E-state index in [0.717, 1.165) is 16.8 Å². The van der Waals surface area contributed by atoms with Gasteiger partial charge in [0.15, 0.2) is 0 Å². The zero-order valence-corrected chi connectivity index (χ0v) is 14.2. The molecule has 1 heterocycles. The third-order valence-electron chi connectivity index (χ3n) is 2.90. The Balaban J connectivity index is 1.78. The van der Waals surface area contributed by atoms with Crippen molar-refractivity contribution in [3.05, 3.63) is 50.4 Å². The second kappa shape index (κ2) is 5.71. The number of anilines is 1. The van der Waals surface area contributed by atoms with Crippen molar-refractivity contribution in [3.63, 3.8) is 0 Å². The number of fused-ring (bicyclic) bond motifs is 1. The van der Waals surface area contributed by atoms with E-state index < -0.39 is 0 Å². The molecule has 0 radical (unpaired) electrons. The molecule has 0 amide bonds. The molecule has 102 valence electrons. The van der Waals surface area contributed by atoms with Crippen molar-refractivity contribution >= 4 is 59.1 Å². The van der Waals surface area contributed by atoms with Crippen molar-refractivity contribution in [3.8, 4) is 5.75 Å². The van der Waals surface area contributed by atoms with Gasteiger partial charge in [0.1, 0.15) is 5.75 Å². The Kier molecular flexibility index (Phi) is 3.96. The lowest BCUT2D eigenvalue weighted by atomic mass is 10.2. The minimum absolute atomic E-state index is 0.222. The average Bonchev–Trinajstić information content (AvgIpc) is 2.89. The lowest BCUT2D eigenvalue weighted by Crippen LogP contribution is -1.99. The molecule has 0 spiro atoms. The molecule has 0 saturated carbocycles. The van der Waals surface area contributed by atoms with Gasteiger partial charge in [-0.3, -0.25) is 0 Å². The third kappa shape index (κ3) is 2.82. The molecule has 0 aliphatic rings. The van der Waals surface area contributed by atoms with Gasteiger partial charge in [-0.15, -0.1) is 11.3 Å². The zero-order chi connectivity index (χ0) is 14.1. The number of aromatic hydroxyl groups is 1. The van der Waals surface area contributed by atoms with Crippen molar-refractivity contribution in [1.82, 2.24) is 4.98 Å². The number of hydrogen-bond acceptors (Lipinski definition) is 4. The van der Waals surface area contributed by atoms with Gasteiger partial charge in [0, 0.05) is 12.2 Å². The highest BCUT2D eigenvalue weighted by atomic mass is 79.9. The van der Waals surface area contributed by atoms with E-state index in [1.807, 2.05) is 29.8 Å². The van der Waals surface area contributed by atoms with Crippen LogP contribution in [-0.4, -0.2) is 10.1 Å². The number of phenolic OH excluding ortho intramolecular Hbond substituents is 1. The maximum Gasteiger partial charge on any atom is 0.143 e. The second-order valence-corrected chi connectivity index (χ2v) is 6.89. The number of phenols is 1. The van der Waals surface area contributed by atoms with Crippen LogP contribution >= 0.6 is 43.2 Å². The van der Waals surface area contributed by atoms with E-state index in [4.69, 9.17) is 0 Å². The fraction of sp³-hybridized carbons (Fsp3) is 0.0714. The Morgan fingerprint density at radius 1 is 1.15 bits per heavy atom. The molecule has 2 aromatic carbocycles. The van der Waals surface area contributed by atoms with Crippen molar-refractivity contribution in [2.45, 2.75) is 6.54 Å². The standard InChI is InChI=1S/C14H10Br2N2OS/c15-10-3-8(4-11(16)14(10)19)6-17-9-1-2-12-13(5-9)20-7-18-12/h1-5,7,17,19H,6H2. The summed E-state index contributed by atoms with van der Waals surface area (Å²) in [5, 5.41) is 13.1. The zero-order valence-electron chi connectivity index (χ0n) is 10.2. The summed E-state index contributed by atoms with van der Waals surface area (Å²) in [5.74, 6) is 0.222. The van der Waals surface area contributed by atoms with Crippen molar-refractivity contribution < 1.29 is 5.11 Å². The SMILES string of the molecule is Oc1c(Br)cc(CNc2ccc3ncsc3c2)cc1Br. The van der Waals surface area contributed by atoms with E-state index >= 15 is 0 Å². The van der Waals surface area contributed by atoms with Crippen LogP contribution in [0, 0.1) is 0 Å². The summed E-state index contributed by atoms with van der Waals surface area (Å²) in [5.41, 5.74) is 5.01. The lowest BCUT2D eigenvalue weighted by molar-refractivity contribution is 0.468. The summed E-state index contributed by atoms with van der Waals surface area (Å²) in [4.78, 5) is 4.26. The molecule has 3 nitrogen and oxygen atoms in total. The third-order valence-corrected chi connectivity index (χ3v) is 4.91. The molecule has 0 aliphatic heterocycles. The molecule has 0 fully saturated rings. The van der Waals surface area contributed by atoms with Gasteiger partial charge in [0.25, 0.3) is 0 Å². The molecule has 0 unspecified atom stereocenters. The fourth-order valence-corrected chi connectivity index (χ4v) is 3.89. The van der Waals surface area contributed by atoms with Crippen LogP contribution in [0.2, 0.25) is 0 Å². The van der Waals surface area contributed by atoms with Crippen LogP contribution in [0.1, 0.15) is 5.56 Å². The van der Waals surface area contributed by atoms with Crippen molar-refractivity contribution in [2.24, 2.45) is 0 Å². The highest BCUT2D eigenvalue weighted by Gasteiger charge is 2.06. The summed E-state index contributed by atoms with van der Waals surface area (Å²) in [6.45, 7) is 0.682. The number of rotatable bonds is 3. The molecule has 1 aromatic heterocycles. The highest BCUT2D eigenvalue weighted by molar-refractivity contribution is 9.11. The molecule has 3 aromatic rings. The van der Waals surface area contributed by atoms with Crippen molar-refractivity contribution in [2.75, 3.05) is 5.32 Å². The Bertz CT molecular complexity index is 750. The number of thiazole rings is 1. The van der Waals surface area contributed by atoms with E-state index in [9.17, 15) is 5.11 Å². The number of halogens is 2. The molecule has 0 saturated heterocycles. The smallest absolute Gasteiger partial charge is 0.143 e. The molecular formula is C14H10Br2N2OS. The molecule has 0 aliphatic carbocycles. The summed E-state index contributed by atoms with van der Waals surface area (Å²) in [6.07, 6.45) is 0. The van der Waals surface area contributed by atoms with Crippen LogP contribution < -0.4 is 5.32 Å². The summed E-state index contributed by atoms with van der Waals surface area (Å²) < 4.78 is 2.53. The Hall–Kier alpha value is -1.11. The Morgan fingerprint density at radius 2 is 1.90 bits per heavy atom. The first-order valence-electron chi connectivity index (χ1n) is 5.87. The number of benzene rings is 2. The summed E-state index contributed by atoms with van der Waals surface area (Å²) in [6, 6.07) is 9.93. The Morgan fingerprint density at radius 3 is 2.65 bits per heavy atom. The van der Waals surface area contributed by atoms with E-state index in [0.29, 0.717) is 15.5 Å². The quantitative estimate of drug-likeness (QED) is 0.624. The summed E-state index contributed by atoms with van der Waals surface area (Å²) in [7, 11) is 0. The van der Waals surface area contributed by atoms with Gasteiger partial charge in [-0.25, -0.2) is 4.98 Å². The largest absolute Gasteiger partial charge is 0.506 e. The lowest BCUT2D eigenvalue weighted by Gasteiger charge is -2.09. The van der Waals surface area contributed by atoms with Crippen molar-refractivity contribution in [1.29, 1.82) is 0 Å². The van der Waals surface area contributed by atoms with Gasteiger partial charge in [-0.1, -0.05) is 0 Å². The first-order chi connectivity index (χ1) is 9.63. The van der Waals surface area contributed by atoms with Gasteiger partial charge in [0.05, 0.1) is 24.7 Å². The second-order valence-electron chi connectivity index (χ2n) is 4.30. The van der Waals surface area contributed by atoms with Crippen LogP contribution in [0.25, 0.3) is 10.2 Å². The van der Waals surface area contributed by atoms with Gasteiger partial charge >= 0.3 is 0 Å². The maximum atomic E-state index is 9.69. The first kappa shape index (κ1) is 13.9. The predicted molar refractivity (Wildman–Crippen MR) is 90.5 cm³/mol. The molecule has 6 heteroatoms. The van der Waals surface area contributed by atoms with Crippen LogP contribution in [0.5, 0.6) is 5.75 Å². The number of nitrogens with zero attached hydrogens (tertiary/aromatic N) is 1. The fourth-order valence-electron chi connectivity index (χ4n) is 1.89. The first-order valence-corrected chi connectivity index (χ1v) is 8.34. The Labute approximate surface area is 136 Å². The van der Waals surface area contributed by atoms with Gasteiger partial charge < -0.3 is 10.4 Å². The number of hydrogen-bond donors (Lipinski definition) is 2. The van der Waals surface area contributed by atoms with Gasteiger partial charge in [0.2, 0.25) is 0 Å².